The van der Waals surface area contributed by atoms with Crippen LogP contribution in [0.3, 0.4) is 0 Å². The number of hydrogen-bond acceptors (Lipinski definition) is 5. The van der Waals surface area contributed by atoms with E-state index in [2.05, 4.69) is 16.8 Å². The predicted molar refractivity (Wildman–Crippen MR) is 96.9 cm³/mol. The van der Waals surface area contributed by atoms with Crippen molar-refractivity contribution in [3.05, 3.63) is 23.5 Å². The molecule has 0 spiro atoms. The molecule has 3 aliphatic rings. The van der Waals surface area contributed by atoms with Crippen molar-refractivity contribution in [3.63, 3.8) is 0 Å². The average Bonchev–Trinajstić information content (AvgIpc) is 2.86. The molecule has 26 heavy (non-hydrogen) atoms. The number of nitrogens with zero attached hydrogens (tertiary/aromatic N) is 4. The lowest BCUT2D eigenvalue weighted by Crippen LogP contribution is -2.64. The molecule has 2 aromatic rings. The van der Waals surface area contributed by atoms with E-state index in [0.29, 0.717) is 12.4 Å². The molecule has 0 aromatic carbocycles. The summed E-state index contributed by atoms with van der Waals surface area (Å²) in [6.45, 7) is 6.77. The molecule has 3 aliphatic heterocycles. The molecule has 2 aromatic heterocycles. The van der Waals surface area contributed by atoms with Gasteiger partial charge in [0, 0.05) is 18.4 Å². The quantitative estimate of drug-likeness (QED) is 0.784. The first kappa shape index (κ1) is 15.7. The molecule has 2 bridgehead atoms. The minimum absolute atomic E-state index is 0.0117. The molecule has 1 amide bonds. The van der Waals surface area contributed by atoms with E-state index in [9.17, 15) is 9.90 Å². The maximum atomic E-state index is 11.8. The summed E-state index contributed by atoms with van der Waals surface area (Å²) in [6.07, 6.45) is 2.53. The number of anilines is 1. The van der Waals surface area contributed by atoms with Crippen LogP contribution in [0.15, 0.2) is 12.3 Å². The molecule has 5 rings (SSSR count). The highest BCUT2D eigenvalue weighted by Gasteiger charge is 2.52. The highest BCUT2D eigenvalue weighted by atomic mass is 16.5. The first-order chi connectivity index (χ1) is 12.5. The van der Waals surface area contributed by atoms with Crippen molar-refractivity contribution in [2.24, 2.45) is 0 Å². The normalized spacial score (nSPS) is 29.3. The molecule has 7 heteroatoms. The Hall–Kier alpha value is -2.57. The number of aryl methyl sites for hydroxylation is 2. The lowest BCUT2D eigenvalue weighted by Gasteiger charge is -2.47. The lowest BCUT2D eigenvalue weighted by atomic mass is 9.97. The van der Waals surface area contributed by atoms with E-state index in [0.717, 1.165) is 40.7 Å². The Kier molecular flexibility index (Phi) is 3.14. The summed E-state index contributed by atoms with van der Waals surface area (Å²) in [4.78, 5) is 25.2. The van der Waals surface area contributed by atoms with Crippen molar-refractivity contribution >= 4 is 22.7 Å². The van der Waals surface area contributed by atoms with E-state index in [4.69, 9.17) is 9.72 Å². The number of carboxylic acid groups (broad SMARTS) is 1. The Morgan fingerprint density at radius 1 is 1.35 bits per heavy atom. The zero-order chi connectivity index (χ0) is 18.2. The van der Waals surface area contributed by atoms with Gasteiger partial charge >= 0.3 is 6.09 Å². The number of carbonyl (C=O) groups is 1. The lowest BCUT2D eigenvalue weighted by molar-refractivity contribution is 0.0707. The Morgan fingerprint density at radius 3 is 2.92 bits per heavy atom. The van der Waals surface area contributed by atoms with Crippen molar-refractivity contribution < 1.29 is 14.6 Å². The van der Waals surface area contributed by atoms with Crippen LogP contribution >= 0.6 is 0 Å². The van der Waals surface area contributed by atoms with Crippen molar-refractivity contribution in [3.8, 4) is 5.88 Å². The van der Waals surface area contributed by atoms with Crippen LogP contribution in [-0.2, 0) is 0 Å². The standard InChI is InChI=1S/C19H22N4O3/c1-9-10(2)21-17-15-13(9)6-7-20-18(15)26-11(3)16-14-5-4-12(8-22(16)17)23(14)19(24)25/h6-7,11-12,14,16H,4-5,8H2,1-3H3,(H,24,25). The molecule has 4 atom stereocenters. The zero-order valence-electron chi connectivity index (χ0n) is 15.1. The Balaban J connectivity index is 1.75. The first-order valence-corrected chi connectivity index (χ1v) is 9.18. The van der Waals surface area contributed by atoms with Gasteiger partial charge in [0.1, 0.15) is 11.9 Å². The number of ether oxygens (including phenoxy) is 1. The minimum atomic E-state index is -0.831. The van der Waals surface area contributed by atoms with Gasteiger partial charge in [-0.05, 0) is 50.6 Å². The summed E-state index contributed by atoms with van der Waals surface area (Å²) < 4.78 is 6.26. The summed E-state index contributed by atoms with van der Waals surface area (Å²) in [7, 11) is 0. The van der Waals surface area contributed by atoms with Gasteiger partial charge in [-0.2, -0.15) is 0 Å². The summed E-state index contributed by atoms with van der Waals surface area (Å²) in [5.41, 5.74) is 2.13. The molecule has 2 saturated heterocycles. The molecule has 2 fully saturated rings. The Morgan fingerprint density at radius 2 is 2.15 bits per heavy atom. The highest BCUT2D eigenvalue weighted by Crippen LogP contribution is 2.44. The maximum Gasteiger partial charge on any atom is 0.407 e. The zero-order valence-corrected chi connectivity index (χ0v) is 15.1. The van der Waals surface area contributed by atoms with Gasteiger partial charge in [-0.25, -0.2) is 14.8 Å². The molecule has 0 radical (unpaired) electrons. The van der Waals surface area contributed by atoms with Crippen LogP contribution in [0.2, 0.25) is 0 Å². The van der Waals surface area contributed by atoms with Gasteiger partial charge in [0.05, 0.1) is 23.5 Å². The molecule has 0 saturated carbocycles. The number of hydrogen-bond donors (Lipinski definition) is 1. The highest BCUT2D eigenvalue weighted by molar-refractivity contribution is 5.99. The third-order valence-electron chi connectivity index (χ3n) is 6.34. The number of rotatable bonds is 0. The van der Waals surface area contributed by atoms with Crippen molar-refractivity contribution in [1.29, 1.82) is 0 Å². The summed E-state index contributed by atoms with van der Waals surface area (Å²) in [6, 6.07) is 1.89. The summed E-state index contributed by atoms with van der Waals surface area (Å²) in [5.74, 6) is 1.50. The van der Waals surface area contributed by atoms with E-state index in [1.807, 2.05) is 19.9 Å². The second kappa shape index (κ2) is 5.22. The fraction of sp³-hybridized carbons (Fsp3) is 0.526. The maximum absolute atomic E-state index is 11.8. The third-order valence-corrected chi connectivity index (χ3v) is 6.34. The molecular weight excluding hydrogens is 332 g/mol. The Labute approximate surface area is 151 Å². The summed E-state index contributed by atoms with van der Waals surface area (Å²) in [5, 5.41) is 11.8. The van der Waals surface area contributed by atoms with Crippen LogP contribution < -0.4 is 9.64 Å². The topological polar surface area (TPSA) is 78.8 Å². The van der Waals surface area contributed by atoms with Gasteiger partial charge in [0.2, 0.25) is 5.88 Å². The van der Waals surface area contributed by atoms with Crippen LogP contribution in [0.25, 0.3) is 10.8 Å². The minimum Gasteiger partial charge on any atom is -0.472 e. The SMILES string of the molecule is Cc1nc2c3c(nccc3c1C)OC(C)C1C3CCC(CN21)N3C(=O)O. The molecule has 4 unspecified atom stereocenters. The molecule has 5 heterocycles. The average molecular weight is 354 g/mol. The van der Waals surface area contributed by atoms with Gasteiger partial charge in [-0.3, -0.25) is 4.90 Å². The van der Waals surface area contributed by atoms with Crippen molar-refractivity contribution in [2.45, 2.75) is 57.8 Å². The third kappa shape index (κ3) is 1.91. The van der Waals surface area contributed by atoms with Crippen molar-refractivity contribution in [1.82, 2.24) is 14.9 Å². The van der Waals surface area contributed by atoms with Crippen LogP contribution in [0.5, 0.6) is 5.88 Å². The number of fused-ring (bicyclic) bond motifs is 5. The fourth-order valence-corrected chi connectivity index (χ4v) is 5.08. The molecule has 136 valence electrons. The smallest absolute Gasteiger partial charge is 0.407 e. The van der Waals surface area contributed by atoms with Gasteiger partial charge in [-0.15, -0.1) is 0 Å². The number of pyridine rings is 2. The van der Waals surface area contributed by atoms with Gasteiger partial charge in [0.25, 0.3) is 0 Å². The number of amides is 1. The fourth-order valence-electron chi connectivity index (χ4n) is 5.08. The first-order valence-electron chi connectivity index (χ1n) is 9.18. The van der Waals surface area contributed by atoms with E-state index in [1.165, 1.54) is 0 Å². The van der Waals surface area contributed by atoms with Gasteiger partial charge in [-0.1, -0.05) is 0 Å². The molecular formula is C19H22N4O3. The van der Waals surface area contributed by atoms with Crippen molar-refractivity contribution in [2.75, 3.05) is 11.4 Å². The van der Waals surface area contributed by atoms with Gasteiger partial charge in [0.15, 0.2) is 0 Å². The second-order valence-electron chi connectivity index (χ2n) is 7.64. The van der Waals surface area contributed by atoms with E-state index in [-0.39, 0.29) is 24.2 Å². The van der Waals surface area contributed by atoms with Crippen LogP contribution in [0.4, 0.5) is 10.6 Å². The van der Waals surface area contributed by atoms with Crippen LogP contribution in [0, 0.1) is 13.8 Å². The largest absolute Gasteiger partial charge is 0.472 e. The number of piperazine rings is 1. The second-order valence-corrected chi connectivity index (χ2v) is 7.64. The van der Waals surface area contributed by atoms with Crippen LogP contribution in [0.1, 0.15) is 31.0 Å². The predicted octanol–water partition coefficient (Wildman–Crippen LogP) is 2.73. The van der Waals surface area contributed by atoms with Crippen LogP contribution in [-0.4, -0.2) is 56.8 Å². The molecule has 0 aliphatic carbocycles. The monoisotopic (exact) mass is 354 g/mol. The van der Waals surface area contributed by atoms with Gasteiger partial charge < -0.3 is 14.7 Å². The number of aromatic nitrogens is 2. The molecule has 1 N–H and O–H groups in total. The summed E-state index contributed by atoms with van der Waals surface area (Å²) >= 11 is 0. The van der Waals surface area contributed by atoms with E-state index in [1.54, 1.807) is 11.1 Å². The Bertz CT molecular complexity index is 931. The molecule has 7 nitrogen and oxygen atoms in total. The van der Waals surface area contributed by atoms with E-state index >= 15 is 0 Å². The van der Waals surface area contributed by atoms with E-state index < -0.39 is 6.09 Å².